The fourth-order valence-electron chi connectivity index (χ4n) is 3.04. The van der Waals surface area contributed by atoms with Gasteiger partial charge in [-0.05, 0) is 36.6 Å². The molecule has 27 heavy (non-hydrogen) atoms. The Bertz CT molecular complexity index is 914. The molecule has 1 unspecified atom stereocenters. The molecule has 1 aliphatic heterocycles. The van der Waals surface area contributed by atoms with Crippen LogP contribution in [0, 0.1) is 5.82 Å². The summed E-state index contributed by atoms with van der Waals surface area (Å²) in [6.45, 7) is 1.31. The molecule has 0 saturated carbocycles. The van der Waals surface area contributed by atoms with E-state index in [9.17, 15) is 23.9 Å². The number of fused-ring (bicyclic) bond motifs is 1. The minimum absolute atomic E-state index is 0.175. The van der Waals surface area contributed by atoms with Crippen LogP contribution in [0.15, 0.2) is 42.5 Å². The first-order valence-corrected chi connectivity index (χ1v) is 8.50. The van der Waals surface area contributed by atoms with Gasteiger partial charge in [0.2, 0.25) is 5.91 Å². The molecule has 3 N–H and O–H groups in total. The Labute approximate surface area is 155 Å². The fourth-order valence-corrected chi connectivity index (χ4v) is 3.04. The van der Waals surface area contributed by atoms with Gasteiger partial charge in [-0.15, -0.1) is 0 Å². The van der Waals surface area contributed by atoms with E-state index in [4.69, 9.17) is 0 Å². The normalized spacial score (nSPS) is 15.3. The minimum Gasteiger partial charge on any atom is -0.481 e. The zero-order chi connectivity index (χ0) is 19.6. The van der Waals surface area contributed by atoms with Gasteiger partial charge in [-0.25, -0.2) is 4.39 Å². The second-order valence-corrected chi connectivity index (χ2v) is 6.72. The Hall–Kier alpha value is -3.22. The zero-order valence-corrected chi connectivity index (χ0v) is 14.7. The molecule has 0 saturated heterocycles. The summed E-state index contributed by atoms with van der Waals surface area (Å²) < 4.78 is 14.3. The van der Waals surface area contributed by atoms with Crippen LogP contribution in [0.1, 0.15) is 34.8 Å². The van der Waals surface area contributed by atoms with Crippen molar-refractivity contribution in [2.75, 3.05) is 11.9 Å². The van der Waals surface area contributed by atoms with Crippen molar-refractivity contribution < 1.29 is 23.9 Å². The molecule has 0 aromatic heterocycles. The van der Waals surface area contributed by atoms with Crippen LogP contribution in [-0.2, 0) is 21.4 Å². The third kappa shape index (κ3) is 3.67. The third-order valence-electron chi connectivity index (χ3n) is 4.82. The Morgan fingerprint density at radius 1 is 1.22 bits per heavy atom. The van der Waals surface area contributed by atoms with E-state index in [0.717, 1.165) is 6.07 Å². The van der Waals surface area contributed by atoms with E-state index in [2.05, 4.69) is 10.6 Å². The highest BCUT2D eigenvalue weighted by Crippen LogP contribution is 2.27. The van der Waals surface area contributed by atoms with Gasteiger partial charge in [-0.1, -0.05) is 30.3 Å². The number of amides is 2. The number of carboxylic acids is 1. The van der Waals surface area contributed by atoms with E-state index in [1.54, 1.807) is 30.3 Å². The van der Waals surface area contributed by atoms with Gasteiger partial charge in [0.15, 0.2) is 0 Å². The van der Waals surface area contributed by atoms with Crippen LogP contribution in [0.4, 0.5) is 10.1 Å². The smallest absolute Gasteiger partial charge is 0.315 e. The van der Waals surface area contributed by atoms with Crippen LogP contribution in [0.3, 0.4) is 0 Å². The second kappa shape index (κ2) is 7.19. The van der Waals surface area contributed by atoms with Gasteiger partial charge in [0, 0.05) is 18.7 Å². The highest BCUT2D eigenvalue weighted by Gasteiger charge is 2.36. The van der Waals surface area contributed by atoms with Gasteiger partial charge >= 0.3 is 5.97 Å². The van der Waals surface area contributed by atoms with Gasteiger partial charge in [-0.3, -0.25) is 14.4 Å². The first-order chi connectivity index (χ1) is 12.8. The van der Waals surface area contributed by atoms with E-state index in [1.165, 1.54) is 13.0 Å². The summed E-state index contributed by atoms with van der Waals surface area (Å²) >= 11 is 0. The number of hydrogen-bond donors (Lipinski definition) is 3. The number of aliphatic carboxylic acids is 1. The highest BCUT2D eigenvalue weighted by molar-refractivity contribution is 5.98. The van der Waals surface area contributed by atoms with E-state index in [0.29, 0.717) is 23.2 Å². The number of benzene rings is 2. The zero-order valence-electron chi connectivity index (χ0n) is 14.7. The molecule has 0 radical (unpaired) electrons. The van der Waals surface area contributed by atoms with Gasteiger partial charge in [-0.2, -0.15) is 0 Å². The molecule has 2 aromatic carbocycles. The van der Waals surface area contributed by atoms with E-state index >= 15 is 0 Å². The van der Waals surface area contributed by atoms with Crippen molar-refractivity contribution >= 4 is 23.5 Å². The summed E-state index contributed by atoms with van der Waals surface area (Å²) in [6, 6.07) is 11.1. The number of carbonyl (C=O) groups is 3. The van der Waals surface area contributed by atoms with Crippen LogP contribution < -0.4 is 10.6 Å². The quantitative estimate of drug-likeness (QED) is 0.753. The lowest BCUT2D eigenvalue weighted by Crippen LogP contribution is -2.44. The Kier molecular flexibility index (Phi) is 4.94. The van der Waals surface area contributed by atoms with Crippen molar-refractivity contribution in [3.63, 3.8) is 0 Å². The van der Waals surface area contributed by atoms with Crippen molar-refractivity contribution in [3.8, 4) is 0 Å². The SMILES string of the molecule is CC(CNC(=O)c1cc2c(cc1F)NC(=O)CC2)(C(=O)O)c1ccccc1. The predicted molar refractivity (Wildman–Crippen MR) is 97.1 cm³/mol. The number of aryl methyl sites for hydroxylation is 1. The average molecular weight is 370 g/mol. The summed E-state index contributed by atoms with van der Waals surface area (Å²) in [5, 5.41) is 14.7. The van der Waals surface area contributed by atoms with Gasteiger partial charge in [0.25, 0.3) is 5.91 Å². The number of anilines is 1. The molecule has 2 aromatic rings. The van der Waals surface area contributed by atoms with E-state index in [1.807, 2.05) is 0 Å². The Balaban J connectivity index is 1.81. The van der Waals surface area contributed by atoms with Crippen molar-refractivity contribution in [1.29, 1.82) is 0 Å². The molecule has 3 rings (SSSR count). The first-order valence-electron chi connectivity index (χ1n) is 8.50. The lowest BCUT2D eigenvalue weighted by molar-refractivity contribution is -0.143. The predicted octanol–water partition coefficient (Wildman–Crippen LogP) is 2.48. The summed E-state index contributed by atoms with van der Waals surface area (Å²) in [5.41, 5.74) is 0.0394. The Morgan fingerprint density at radius 2 is 1.93 bits per heavy atom. The maximum Gasteiger partial charge on any atom is 0.315 e. The lowest BCUT2D eigenvalue weighted by Gasteiger charge is -2.26. The fraction of sp³-hybridized carbons (Fsp3) is 0.250. The van der Waals surface area contributed by atoms with Crippen molar-refractivity contribution in [2.45, 2.75) is 25.2 Å². The maximum absolute atomic E-state index is 14.3. The molecule has 0 spiro atoms. The van der Waals surface area contributed by atoms with Crippen LogP contribution in [0.2, 0.25) is 0 Å². The molecule has 1 aliphatic rings. The molecule has 0 aliphatic carbocycles. The number of halogens is 1. The van der Waals surface area contributed by atoms with Crippen molar-refractivity contribution in [1.82, 2.24) is 5.32 Å². The number of carboxylic acid groups (broad SMARTS) is 1. The number of hydrogen-bond acceptors (Lipinski definition) is 3. The summed E-state index contributed by atoms with van der Waals surface area (Å²) in [7, 11) is 0. The summed E-state index contributed by atoms with van der Waals surface area (Å²) in [5.74, 6) is -2.76. The van der Waals surface area contributed by atoms with E-state index in [-0.39, 0.29) is 24.4 Å². The van der Waals surface area contributed by atoms with Gasteiger partial charge in [0.05, 0.1) is 5.56 Å². The highest BCUT2D eigenvalue weighted by atomic mass is 19.1. The largest absolute Gasteiger partial charge is 0.481 e. The third-order valence-corrected chi connectivity index (χ3v) is 4.82. The molecular weight excluding hydrogens is 351 g/mol. The van der Waals surface area contributed by atoms with Gasteiger partial charge < -0.3 is 15.7 Å². The minimum atomic E-state index is -1.35. The molecular formula is C20H19FN2O4. The molecule has 1 atom stereocenters. The average Bonchev–Trinajstić information content (AvgIpc) is 2.65. The standard InChI is InChI=1S/C20H19FN2O4/c1-20(19(26)27,13-5-3-2-4-6-13)11-22-18(25)14-9-12-7-8-17(24)23-16(12)10-15(14)21/h2-6,9-10H,7-8,11H2,1H3,(H,22,25)(H,23,24)(H,26,27). The molecule has 7 heteroatoms. The monoisotopic (exact) mass is 370 g/mol. The van der Waals surface area contributed by atoms with Crippen LogP contribution in [0.25, 0.3) is 0 Å². The molecule has 140 valence electrons. The molecule has 2 amide bonds. The molecule has 0 fully saturated rings. The van der Waals surface area contributed by atoms with Crippen LogP contribution >= 0.6 is 0 Å². The lowest BCUT2D eigenvalue weighted by atomic mass is 9.82. The van der Waals surface area contributed by atoms with Crippen LogP contribution in [-0.4, -0.2) is 29.4 Å². The second-order valence-electron chi connectivity index (χ2n) is 6.72. The number of rotatable bonds is 5. The van der Waals surface area contributed by atoms with Crippen molar-refractivity contribution in [3.05, 3.63) is 65.0 Å². The molecule has 1 heterocycles. The Morgan fingerprint density at radius 3 is 2.59 bits per heavy atom. The van der Waals surface area contributed by atoms with Crippen LogP contribution in [0.5, 0.6) is 0 Å². The summed E-state index contributed by atoms with van der Waals surface area (Å²) in [6.07, 6.45) is 0.684. The molecule has 0 bridgehead atoms. The van der Waals surface area contributed by atoms with E-state index < -0.39 is 23.1 Å². The maximum atomic E-state index is 14.3. The summed E-state index contributed by atoms with van der Waals surface area (Å²) in [4.78, 5) is 35.7. The number of carbonyl (C=O) groups excluding carboxylic acids is 2. The van der Waals surface area contributed by atoms with Crippen molar-refractivity contribution in [2.24, 2.45) is 0 Å². The van der Waals surface area contributed by atoms with Gasteiger partial charge in [0.1, 0.15) is 11.2 Å². The molecule has 6 nitrogen and oxygen atoms in total. The topological polar surface area (TPSA) is 95.5 Å². The number of nitrogens with one attached hydrogen (secondary N) is 2. The first kappa shape index (κ1) is 18.6.